The van der Waals surface area contributed by atoms with E-state index in [-0.39, 0.29) is 0 Å². The first-order valence-corrected chi connectivity index (χ1v) is 7.90. The normalized spacial score (nSPS) is 11.4. The van der Waals surface area contributed by atoms with Crippen molar-refractivity contribution in [1.29, 1.82) is 0 Å². The summed E-state index contributed by atoms with van der Waals surface area (Å²) in [5.74, 6) is 1.43. The summed E-state index contributed by atoms with van der Waals surface area (Å²) in [4.78, 5) is 8.79. The average molecular weight is 331 g/mol. The second kappa shape index (κ2) is 6.24. The molecule has 124 valence electrons. The lowest BCUT2D eigenvalue weighted by atomic mass is 10.2. The Hall–Kier alpha value is -3.41. The van der Waals surface area contributed by atoms with Crippen LogP contribution in [0.5, 0.6) is 5.75 Å². The summed E-state index contributed by atoms with van der Waals surface area (Å²) in [6, 6.07) is 15.9. The van der Waals surface area contributed by atoms with Crippen LogP contribution in [0, 0.1) is 0 Å². The third-order valence-electron chi connectivity index (χ3n) is 4.19. The Bertz CT molecular complexity index is 1080. The summed E-state index contributed by atoms with van der Waals surface area (Å²) in [6.45, 7) is 0. The second-order valence-electron chi connectivity index (χ2n) is 5.61. The van der Waals surface area contributed by atoms with Crippen LogP contribution in [0.2, 0.25) is 0 Å². The Morgan fingerprint density at radius 2 is 1.88 bits per heavy atom. The van der Waals surface area contributed by atoms with Crippen LogP contribution in [0.1, 0.15) is 5.56 Å². The van der Waals surface area contributed by atoms with E-state index in [9.17, 15) is 0 Å². The molecule has 1 N–H and O–H groups in total. The van der Waals surface area contributed by atoms with E-state index in [2.05, 4.69) is 37.2 Å². The predicted octanol–water partition coefficient (Wildman–Crippen LogP) is 3.58. The molecule has 25 heavy (non-hydrogen) atoms. The van der Waals surface area contributed by atoms with E-state index in [0.29, 0.717) is 5.82 Å². The number of benzene rings is 2. The van der Waals surface area contributed by atoms with E-state index in [1.54, 1.807) is 19.7 Å². The molecule has 2 heterocycles. The third kappa shape index (κ3) is 2.57. The number of nitrogens with one attached hydrogen (secondary N) is 1. The summed E-state index contributed by atoms with van der Waals surface area (Å²) in [6.07, 6.45) is 3.27. The van der Waals surface area contributed by atoms with Crippen LogP contribution in [0.15, 0.2) is 60.0 Å². The molecule has 0 aliphatic rings. The summed E-state index contributed by atoms with van der Waals surface area (Å²) < 4.78 is 7.40. The van der Waals surface area contributed by atoms with Gasteiger partial charge >= 0.3 is 0 Å². The first-order chi connectivity index (χ1) is 12.3. The van der Waals surface area contributed by atoms with E-state index in [1.165, 1.54) is 0 Å². The molecule has 0 saturated carbocycles. The van der Waals surface area contributed by atoms with Crippen molar-refractivity contribution in [2.75, 3.05) is 12.5 Å². The summed E-state index contributed by atoms with van der Waals surface area (Å²) in [7, 11) is 3.65. The largest absolute Gasteiger partial charge is 0.496 e. The Balaban J connectivity index is 1.74. The van der Waals surface area contributed by atoms with Crippen LogP contribution in [-0.4, -0.2) is 27.9 Å². The van der Waals surface area contributed by atoms with Crippen molar-refractivity contribution in [3.05, 3.63) is 60.4 Å². The number of methoxy groups -OCH3 is 1. The highest BCUT2D eigenvalue weighted by atomic mass is 16.5. The van der Waals surface area contributed by atoms with Crippen molar-refractivity contribution in [3.8, 4) is 5.75 Å². The summed E-state index contributed by atoms with van der Waals surface area (Å²) in [5, 5.41) is 5.42. The van der Waals surface area contributed by atoms with Crippen LogP contribution in [0.4, 0.5) is 5.82 Å². The standard InChI is InChI=1S/C19H17N5O/c1-24-15-9-5-4-8-14(15)17-18(24)19(21-12-20-17)23-22-11-13-7-3-6-10-16(13)25-2/h3-12H,1-2H3,(H,20,21,23). The lowest BCUT2D eigenvalue weighted by Crippen LogP contribution is -1.99. The molecule has 0 spiro atoms. The lowest BCUT2D eigenvalue weighted by molar-refractivity contribution is 0.414. The number of hydrazone groups is 1. The van der Waals surface area contributed by atoms with Gasteiger partial charge in [-0.25, -0.2) is 9.97 Å². The Morgan fingerprint density at radius 3 is 2.76 bits per heavy atom. The highest BCUT2D eigenvalue weighted by Crippen LogP contribution is 2.29. The second-order valence-corrected chi connectivity index (χ2v) is 5.61. The van der Waals surface area contributed by atoms with E-state index < -0.39 is 0 Å². The number of aromatic nitrogens is 3. The zero-order valence-corrected chi connectivity index (χ0v) is 14.0. The number of nitrogens with zero attached hydrogens (tertiary/aromatic N) is 4. The number of anilines is 1. The zero-order chi connectivity index (χ0) is 17.2. The molecule has 4 aromatic rings. The maximum atomic E-state index is 5.33. The number of rotatable bonds is 4. The van der Waals surface area contributed by atoms with Crippen molar-refractivity contribution in [2.45, 2.75) is 0 Å². The van der Waals surface area contributed by atoms with Gasteiger partial charge in [-0.15, -0.1) is 0 Å². The highest BCUT2D eigenvalue weighted by molar-refractivity contribution is 6.08. The van der Waals surface area contributed by atoms with Crippen LogP contribution < -0.4 is 10.2 Å². The summed E-state index contributed by atoms with van der Waals surface area (Å²) in [5.41, 5.74) is 6.85. The van der Waals surface area contributed by atoms with E-state index in [1.807, 2.05) is 43.4 Å². The monoisotopic (exact) mass is 331 g/mol. The first-order valence-electron chi connectivity index (χ1n) is 7.90. The van der Waals surface area contributed by atoms with Gasteiger partial charge in [0.15, 0.2) is 5.82 Å². The van der Waals surface area contributed by atoms with Crippen molar-refractivity contribution in [2.24, 2.45) is 12.1 Å². The average Bonchev–Trinajstić information content (AvgIpc) is 2.96. The topological polar surface area (TPSA) is 64.3 Å². The Kier molecular flexibility index (Phi) is 3.78. The molecule has 0 aliphatic carbocycles. The van der Waals surface area contributed by atoms with Gasteiger partial charge in [0.05, 0.1) is 18.8 Å². The number of fused-ring (bicyclic) bond motifs is 3. The SMILES string of the molecule is COc1ccccc1C=NNc1ncnc2c3ccccc3n(C)c12. The minimum absolute atomic E-state index is 0.662. The molecule has 0 fully saturated rings. The quantitative estimate of drug-likeness (QED) is 0.458. The van der Waals surface area contributed by atoms with Crippen LogP contribution in [0.25, 0.3) is 21.9 Å². The van der Waals surface area contributed by atoms with Gasteiger partial charge in [-0.2, -0.15) is 5.10 Å². The highest BCUT2D eigenvalue weighted by Gasteiger charge is 2.13. The maximum Gasteiger partial charge on any atom is 0.174 e. The number of ether oxygens (including phenoxy) is 1. The van der Waals surface area contributed by atoms with Gasteiger partial charge in [0.2, 0.25) is 0 Å². The Morgan fingerprint density at radius 1 is 1.08 bits per heavy atom. The van der Waals surface area contributed by atoms with Crippen LogP contribution in [0.3, 0.4) is 0 Å². The fraction of sp³-hybridized carbons (Fsp3) is 0.105. The van der Waals surface area contributed by atoms with E-state index in [0.717, 1.165) is 33.2 Å². The zero-order valence-electron chi connectivity index (χ0n) is 14.0. The van der Waals surface area contributed by atoms with Gasteiger partial charge in [-0.1, -0.05) is 30.3 Å². The van der Waals surface area contributed by atoms with E-state index >= 15 is 0 Å². The molecule has 6 heteroatoms. The molecule has 2 aromatic carbocycles. The smallest absolute Gasteiger partial charge is 0.174 e. The Labute approximate surface area is 144 Å². The molecule has 0 bridgehead atoms. The lowest BCUT2D eigenvalue weighted by Gasteiger charge is -2.05. The molecule has 0 aliphatic heterocycles. The van der Waals surface area contributed by atoms with E-state index in [4.69, 9.17) is 4.74 Å². The molecule has 0 radical (unpaired) electrons. The number of hydrogen-bond donors (Lipinski definition) is 1. The molecule has 0 unspecified atom stereocenters. The van der Waals surface area contributed by atoms with Gasteiger partial charge in [-0.05, 0) is 18.2 Å². The molecule has 0 saturated heterocycles. The molecule has 2 aromatic heterocycles. The predicted molar refractivity (Wildman–Crippen MR) is 100 cm³/mol. The number of hydrogen-bond acceptors (Lipinski definition) is 5. The maximum absolute atomic E-state index is 5.33. The van der Waals surface area contributed by atoms with Gasteiger partial charge in [0.25, 0.3) is 0 Å². The first kappa shape index (κ1) is 15.1. The van der Waals surface area contributed by atoms with Crippen LogP contribution in [-0.2, 0) is 7.05 Å². The molecular formula is C19H17N5O. The van der Waals surface area contributed by atoms with Crippen molar-refractivity contribution >= 4 is 34.0 Å². The van der Waals surface area contributed by atoms with Gasteiger partial charge in [0.1, 0.15) is 23.1 Å². The third-order valence-corrected chi connectivity index (χ3v) is 4.19. The van der Waals surface area contributed by atoms with Crippen molar-refractivity contribution < 1.29 is 4.74 Å². The molecule has 4 rings (SSSR count). The van der Waals surface area contributed by atoms with Gasteiger partial charge < -0.3 is 9.30 Å². The molecule has 6 nitrogen and oxygen atoms in total. The van der Waals surface area contributed by atoms with Crippen LogP contribution >= 0.6 is 0 Å². The van der Waals surface area contributed by atoms with Crippen molar-refractivity contribution in [3.63, 3.8) is 0 Å². The molecule has 0 atom stereocenters. The minimum Gasteiger partial charge on any atom is -0.496 e. The molecule has 0 amide bonds. The van der Waals surface area contributed by atoms with Gasteiger partial charge in [0, 0.05) is 18.0 Å². The fourth-order valence-electron chi connectivity index (χ4n) is 3.00. The van der Waals surface area contributed by atoms with Crippen molar-refractivity contribution in [1.82, 2.24) is 14.5 Å². The number of para-hydroxylation sites is 2. The molecular weight excluding hydrogens is 314 g/mol. The minimum atomic E-state index is 0.662. The fourth-order valence-corrected chi connectivity index (χ4v) is 3.00. The summed E-state index contributed by atoms with van der Waals surface area (Å²) >= 11 is 0. The van der Waals surface area contributed by atoms with Gasteiger partial charge in [-0.3, -0.25) is 5.43 Å². The number of aryl methyl sites for hydroxylation is 1.